The zero-order valence-corrected chi connectivity index (χ0v) is 14.9. The van der Waals surface area contributed by atoms with Crippen LogP contribution in [0.2, 0.25) is 0 Å². The van der Waals surface area contributed by atoms with Gasteiger partial charge >= 0.3 is 0 Å². The van der Waals surface area contributed by atoms with E-state index < -0.39 is 0 Å². The molecule has 0 amide bonds. The second-order valence-electron chi connectivity index (χ2n) is 6.76. The highest BCUT2D eigenvalue weighted by molar-refractivity contribution is 5.84. The van der Waals surface area contributed by atoms with Crippen molar-refractivity contribution < 1.29 is 9.53 Å². The number of carbonyl (C=O) groups is 1. The van der Waals surface area contributed by atoms with Crippen LogP contribution >= 0.6 is 0 Å². The molecular formula is C21H20N2O3. The van der Waals surface area contributed by atoms with Crippen LogP contribution in [0.5, 0.6) is 0 Å². The third kappa shape index (κ3) is 2.51. The van der Waals surface area contributed by atoms with Crippen molar-refractivity contribution in [3.8, 4) is 11.4 Å². The summed E-state index contributed by atoms with van der Waals surface area (Å²) in [4.78, 5) is 28.6. The molecule has 26 heavy (non-hydrogen) atoms. The van der Waals surface area contributed by atoms with E-state index in [2.05, 4.69) is 19.9 Å². The number of benzene rings is 1. The van der Waals surface area contributed by atoms with E-state index in [0.29, 0.717) is 18.6 Å². The summed E-state index contributed by atoms with van der Waals surface area (Å²) < 4.78 is 6.67. The summed E-state index contributed by atoms with van der Waals surface area (Å²) in [6.07, 6.45) is 0.898. The van der Waals surface area contributed by atoms with Crippen molar-refractivity contribution >= 4 is 17.4 Å². The third-order valence-electron chi connectivity index (χ3n) is 5.25. The topological polar surface area (TPSA) is 61.2 Å². The zero-order chi connectivity index (χ0) is 18.3. The maximum absolute atomic E-state index is 13.1. The highest BCUT2D eigenvalue weighted by Gasteiger charge is 2.26. The van der Waals surface area contributed by atoms with Gasteiger partial charge in [0.1, 0.15) is 6.61 Å². The largest absolute Gasteiger partial charge is 0.463 e. The number of aromatic nitrogens is 2. The van der Waals surface area contributed by atoms with Crippen LogP contribution in [0.15, 0.2) is 41.2 Å². The number of pyridine rings is 2. The summed E-state index contributed by atoms with van der Waals surface area (Å²) in [6, 6.07) is 12.1. The molecule has 0 saturated carbocycles. The maximum atomic E-state index is 13.1. The number of para-hydroxylation sites is 1. The average Bonchev–Trinajstić information content (AvgIpc) is 3.02. The van der Waals surface area contributed by atoms with E-state index in [1.807, 2.05) is 30.3 Å². The molecule has 0 fully saturated rings. The van der Waals surface area contributed by atoms with E-state index in [1.165, 1.54) is 0 Å². The SMILES string of the molecule is CC[C@@H](C)c1cc2n(c(=O)c1COC=O)Cc1cc3ccccc3nc1-2. The Balaban J connectivity index is 1.94. The summed E-state index contributed by atoms with van der Waals surface area (Å²) in [5.41, 5.74) is 5.09. The van der Waals surface area contributed by atoms with Crippen LogP contribution in [0.4, 0.5) is 0 Å². The molecule has 5 heteroatoms. The summed E-state index contributed by atoms with van der Waals surface area (Å²) in [5, 5.41) is 1.07. The number of ether oxygens (including phenoxy) is 1. The van der Waals surface area contributed by atoms with Crippen molar-refractivity contribution in [3.05, 3.63) is 63.4 Å². The molecule has 132 valence electrons. The molecular weight excluding hydrogens is 328 g/mol. The lowest BCUT2D eigenvalue weighted by molar-refractivity contribution is -0.129. The third-order valence-corrected chi connectivity index (χ3v) is 5.25. The molecule has 1 aromatic carbocycles. The van der Waals surface area contributed by atoms with Crippen LogP contribution in [0.1, 0.15) is 42.9 Å². The first-order chi connectivity index (χ1) is 12.6. The molecule has 1 aliphatic rings. The standard InChI is InChI=1S/C21H20N2O3/c1-3-13(2)16-9-19-20-15(8-14-6-4-5-7-18(14)22-20)10-23(19)21(25)17(16)11-26-12-24/h4-9,12-13H,3,10-11H2,1-2H3/t13-/m1/s1. The molecule has 4 rings (SSSR count). The lowest BCUT2D eigenvalue weighted by Gasteiger charge is -2.17. The molecule has 1 atom stereocenters. The summed E-state index contributed by atoms with van der Waals surface area (Å²) in [7, 11) is 0. The molecule has 2 aromatic heterocycles. The van der Waals surface area contributed by atoms with E-state index in [1.54, 1.807) is 4.57 Å². The number of hydrogen-bond acceptors (Lipinski definition) is 4. The monoisotopic (exact) mass is 348 g/mol. The first kappa shape index (κ1) is 16.5. The second-order valence-corrected chi connectivity index (χ2v) is 6.76. The van der Waals surface area contributed by atoms with Gasteiger partial charge in [0.25, 0.3) is 12.0 Å². The zero-order valence-electron chi connectivity index (χ0n) is 14.9. The Morgan fingerprint density at radius 1 is 1.31 bits per heavy atom. The number of nitrogens with zero attached hydrogens (tertiary/aromatic N) is 2. The molecule has 1 aliphatic heterocycles. The Kier molecular flexibility index (Phi) is 4.07. The molecule has 0 N–H and O–H groups in total. The lowest BCUT2D eigenvalue weighted by Crippen LogP contribution is -2.26. The Morgan fingerprint density at radius 2 is 2.12 bits per heavy atom. The molecule has 5 nitrogen and oxygen atoms in total. The molecule has 0 unspecified atom stereocenters. The predicted molar refractivity (Wildman–Crippen MR) is 100 cm³/mol. The molecule has 0 spiro atoms. The van der Waals surface area contributed by atoms with Crippen LogP contribution in [-0.4, -0.2) is 16.0 Å². The van der Waals surface area contributed by atoms with Gasteiger partial charge < -0.3 is 9.30 Å². The van der Waals surface area contributed by atoms with Gasteiger partial charge in [-0.15, -0.1) is 0 Å². The van der Waals surface area contributed by atoms with Gasteiger partial charge in [0.05, 0.1) is 29.0 Å². The summed E-state index contributed by atoms with van der Waals surface area (Å²) in [5.74, 6) is 0.198. The number of hydrogen-bond donors (Lipinski definition) is 0. The Morgan fingerprint density at radius 3 is 2.88 bits per heavy atom. The Hall–Kier alpha value is -2.95. The van der Waals surface area contributed by atoms with Gasteiger partial charge in [0.15, 0.2) is 0 Å². The fourth-order valence-corrected chi connectivity index (χ4v) is 3.66. The number of rotatable bonds is 5. The van der Waals surface area contributed by atoms with E-state index in [-0.39, 0.29) is 18.1 Å². The average molecular weight is 348 g/mol. The fraction of sp³-hybridized carbons (Fsp3) is 0.286. The van der Waals surface area contributed by atoms with E-state index in [9.17, 15) is 9.59 Å². The van der Waals surface area contributed by atoms with Crippen molar-refractivity contribution in [2.75, 3.05) is 0 Å². The van der Waals surface area contributed by atoms with Gasteiger partial charge in [-0.3, -0.25) is 9.59 Å². The Bertz CT molecular complexity index is 1070. The van der Waals surface area contributed by atoms with Crippen molar-refractivity contribution in [3.63, 3.8) is 0 Å². The maximum Gasteiger partial charge on any atom is 0.293 e. The van der Waals surface area contributed by atoms with Crippen molar-refractivity contribution in [2.45, 2.75) is 39.3 Å². The number of fused-ring (bicyclic) bond motifs is 4. The first-order valence-corrected chi connectivity index (χ1v) is 8.85. The minimum absolute atomic E-state index is 0.00797. The van der Waals surface area contributed by atoms with Crippen LogP contribution in [0.25, 0.3) is 22.3 Å². The predicted octanol–water partition coefficient (Wildman–Crippen LogP) is 3.61. The number of carbonyl (C=O) groups excluding carboxylic acids is 1. The van der Waals surface area contributed by atoms with E-state index in [0.717, 1.165) is 39.8 Å². The van der Waals surface area contributed by atoms with Crippen LogP contribution in [0.3, 0.4) is 0 Å². The molecule has 0 aliphatic carbocycles. The summed E-state index contributed by atoms with van der Waals surface area (Å²) in [6.45, 7) is 5.06. The normalized spacial score (nSPS) is 13.3. The first-order valence-electron chi connectivity index (χ1n) is 8.85. The van der Waals surface area contributed by atoms with Crippen LogP contribution in [0, 0.1) is 0 Å². The van der Waals surface area contributed by atoms with Gasteiger partial charge in [-0.05, 0) is 36.1 Å². The highest BCUT2D eigenvalue weighted by atomic mass is 16.5. The smallest absolute Gasteiger partial charge is 0.293 e. The van der Waals surface area contributed by atoms with Gasteiger partial charge in [0, 0.05) is 10.9 Å². The van der Waals surface area contributed by atoms with E-state index in [4.69, 9.17) is 9.72 Å². The van der Waals surface area contributed by atoms with Gasteiger partial charge in [-0.1, -0.05) is 32.0 Å². The summed E-state index contributed by atoms with van der Waals surface area (Å²) >= 11 is 0. The highest BCUT2D eigenvalue weighted by Crippen LogP contribution is 2.34. The molecule has 3 heterocycles. The molecule has 0 bridgehead atoms. The quantitative estimate of drug-likeness (QED) is 0.517. The van der Waals surface area contributed by atoms with Gasteiger partial charge in [-0.25, -0.2) is 4.98 Å². The lowest BCUT2D eigenvalue weighted by atomic mass is 9.94. The van der Waals surface area contributed by atoms with Crippen molar-refractivity contribution in [1.82, 2.24) is 9.55 Å². The molecule has 3 aromatic rings. The van der Waals surface area contributed by atoms with Crippen molar-refractivity contribution in [1.29, 1.82) is 0 Å². The van der Waals surface area contributed by atoms with Gasteiger partial charge in [-0.2, -0.15) is 0 Å². The molecule has 0 radical (unpaired) electrons. The minimum Gasteiger partial charge on any atom is -0.463 e. The van der Waals surface area contributed by atoms with Crippen LogP contribution < -0.4 is 5.56 Å². The van der Waals surface area contributed by atoms with Crippen molar-refractivity contribution in [2.24, 2.45) is 0 Å². The minimum atomic E-state index is -0.0956. The molecule has 0 saturated heterocycles. The van der Waals surface area contributed by atoms with E-state index >= 15 is 0 Å². The Labute approximate surface area is 151 Å². The van der Waals surface area contributed by atoms with Crippen LogP contribution in [-0.2, 0) is 22.7 Å². The van der Waals surface area contributed by atoms with Gasteiger partial charge in [0.2, 0.25) is 0 Å². The second kappa shape index (κ2) is 6.41. The fourth-order valence-electron chi connectivity index (χ4n) is 3.66.